The first-order valence-corrected chi connectivity index (χ1v) is 19.7. The van der Waals surface area contributed by atoms with Crippen LogP contribution in [0, 0.1) is 0 Å². The maximum Gasteiger partial charge on any atom is 0.164 e. The second kappa shape index (κ2) is 12.7. The summed E-state index contributed by atoms with van der Waals surface area (Å²) >= 11 is 0. The number of hydrogen-bond acceptors (Lipinski definition) is 5. The molecule has 0 unspecified atom stereocenters. The van der Waals surface area contributed by atoms with E-state index in [0.717, 1.165) is 62.1 Å². The number of nitrogens with zero attached hydrogens (tertiary/aromatic N) is 4. The third-order valence-corrected chi connectivity index (χ3v) is 12.0. The molecular formula is C53H34N4O. The van der Waals surface area contributed by atoms with Gasteiger partial charge in [-0.25, -0.2) is 15.0 Å². The second-order valence-corrected chi connectivity index (χ2v) is 15.1. The van der Waals surface area contributed by atoms with Crippen molar-refractivity contribution >= 4 is 39.0 Å². The Morgan fingerprint density at radius 2 is 0.879 bits per heavy atom. The minimum atomic E-state index is -0.488. The lowest BCUT2D eigenvalue weighted by Crippen LogP contribution is -2.41. The van der Waals surface area contributed by atoms with E-state index in [2.05, 4.69) is 138 Å². The first-order valence-electron chi connectivity index (χ1n) is 19.7. The molecule has 1 aliphatic heterocycles. The lowest BCUT2D eigenvalue weighted by Gasteiger charge is -2.49. The summed E-state index contributed by atoms with van der Waals surface area (Å²) in [5.41, 5.74) is 15.1. The second-order valence-electron chi connectivity index (χ2n) is 15.1. The highest BCUT2D eigenvalue weighted by Crippen LogP contribution is 2.61. The molecule has 1 spiro atoms. The Kier molecular flexibility index (Phi) is 7.14. The summed E-state index contributed by atoms with van der Waals surface area (Å²) < 4.78 is 6.76. The predicted octanol–water partition coefficient (Wildman–Crippen LogP) is 12.8. The van der Waals surface area contributed by atoms with Crippen molar-refractivity contribution in [3.05, 3.63) is 228 Å². The van der Waals surface area contributed by atoms with Gasteiger partial charge in [0.05, 0.1) is 27.9 Å². The van der Waals surface area contributed by atoms with Crippen molar-refractivity contribution in [1.82, 2.24) is 15.0 Å². The molecule has 5 heteroatoms. The van der Waals surface area contributed by atoms with Crippen LogP contribution in [-0.4, -0.2) is 15.0 Å². The average Bonchev–Trinajstić information content (AvgIpc) is 3.68. The van der Waals surface area contributed by atoms with Gasteiger partial charge in [-0.05, 0) is 76.2 Å². The highest BCUT2D eigenvalue weighted by molar-refractivity contribution is 6.14. The van der Waals surface area contributed by atoms with Gasteiger partial charge < -0.3 is 9.32 Å². The number of furan rings is 1. The van der Waals surface area contributed by atoms with E-state index in [0.29, 0.717) is 17.5 Å². The lowest BCUT2D eigenvalue weighted by atomic mass is 9.58. The summed E-state index contributed by atoms with van der Waals surface area (Å²) in [5.74, 6) is 1.84. The first-order chi connectivity index (χ1) is 28.8. The van der Waals surface area contributed by atoms with Crippen LogP contribution in [0.5, 0.6) is 0 Å². The van der Waals surface area contributed by atoms with E-state index in [-0.39, 0.29) is 0 Å². The third-order valence-electron chi connectivity index (χ3n) is 12.0. The fourth-order valence-electron chi connectivity index (χ4n) is 9.59. The molecule has 0 fully saturated rings. The highest BCUT2D eigenvalue weighted by Gasteiger charge is 2.49. The zero-order valence-corrected chi connectivity index (χ0v) is 31.4. The number of rotatable bonds is 4. The molecule has 0 N–H and O–H groups in total. The van der Waals surface area contributed by atoms with Crippen LogP contribution in [0.2, 0.25) is 0 Å². The van der Waals surface area contributed by atoms with Gasteiger partial charge in [0.25, 0.3) is 0 Å². The van der Waals surface area contributed by atoms with Crippen LogP contribution >= 0.6 is 0 Å². The molecule has 0 saturated heterocycles. The maximum atomic E-state index is 6.76. The van der Waals surface area contributed by atoms with Gasteiger partial charge in [0.15, 0.2) is 17.5 Å². The van der Waals surface area contributed by atoms with Gasteiger partial charge in [-0.2, -0.15) is 0 Å². The van der Waals surface area contributed by atoms with E-state index >= 15 is 0 Å². The molecule has 0 saturated carbocycles. The van der Waals surface area contributed by atoms with E-state index in [9.17, 15) is 0 Å². The minimum absolute atomic E-state index is 0.488. The quantitative estimate of drug-likeness (QED) is 0.180. The molecule has 8 aromatic carbocycles. The van der Waals surface area contributed by atoms with E-state index in [1.165, 1.54) is 33.4 Å². The van der Waals surface area contributed by atoms with Crippen LogP contribution in [-0.2, 0) is 11.8 Å². The predicted molar refractivity (Wildman–Crippen MR) is 233 cm³/mol. The number of benzene rings is 8. The summed E-state index contributed by atoms with van der Waals surface area (Å²) in [4.78, 5) is 17.4. The van der Waals surface area contributed by atoms with Crippen molar-refractivity contribution in [3.63, 3.8) is 0 Å². The fraction of sp³-hybridized carbons (Fsp3) is 0.0377. The van der Waals surface area contributed by atoms with E-state index in [1.807, 2.05) is 60.7 Å². The summed E-state index contributed by atoms with van der Waals surface area (Å²) in [6.45, 7) is 0. The van der Waals surface area contributed by atoms with Crippen LogP contribution in [0.4, 0.5) is 17.1 Å². The summed E-state index contributed by atoms with van der Waals surface area (Å²) in [5, 5.41) is 2.08. The van der Waals surface area contributed by atoms with Crippen LogP contribution in [0.25, 0.3) is 56.1 Å². The number of aromatic nitrogens is 3. The molecule has 10 aromatic rings. The van der Waals surface area contributed by atoms with Crippen LogP contribution < -0.4 is 4.90 Å². The number of anilines is 3. The Balaban J connectivity index is 1.06. The van der Waals surface area contributed by atoms with Gasteiger partial charge in [-0.1, -0.05) is 158 Å². The summed E-state index contributed by atoms with van der Waals surface area (Å²) in [7, 11) is 0. The van der Waals surface area contributed by atoms with E-state index in [1.54, 1.807) is 0 Å². The smallest absolute Gasteiger partial charge is 0.164 e. The Bertz CT molecular complexity index is 3070. The molecule has 12 rings (SSSR count). The van der Waals surface area contributed by atoms with Crippen molar-refractivity contribution in [2.75, 3.05) is 4.90 Å². The molecule has 0 amide bonds. The fourth-order valence-corrected chi connectivity index (χ4v) is 9.59. The average molecular weight is 743 g/mol. The molecule has 0 atom stereocenters. The van der Waals surface area contributed by atoms with Gasteiger partial charge in [-0.15, -0.1) is 0 Å². The van der Waals surface area contributed by atoms with Crippen molar-refractivity contribution < 1.29 is 4.42 Å². The third kappa shape index (κ3) is 4.74. The Labute approximate surface area is 335 Å². The monoisotopic (exact) mass is 742 g/mol. The molecule has 58 heavy (non-hydrogen) atoms. The Morgan fingerprint density at radius 1 is 0.397 bits per heavy atom. The molecular weight excluding hydrogens is 709 g/mol. The topological polar surface area (TPSA) is 55.1 Å². The largest absolute Gasteiger partial charge is 0.456 e. The maximum absolute atomic E-state index is 6.76. The molecule has 0 radical (unpaired) electrons. The van der Waals surface area contributed by atoms with Gasteiger partial charge >= 0.3 is 0 Å². The van der Waals surface area contributed by atoms with E-state index < -0.39 is 5.41 Å². The van der Waals surface area contributed by atoms with Crippen molar-refractivity contribution in [2.24, 2.45) is 0 Å². The molecule has 0 bridgehead atoms. The van der Waals surface area contributed by atoms with Gasteiger partial charge in [0.2, 0.25) is 0 Å². The molecule has 2 aromatic heterocycles. The zero-order valence-electron chi connectivity index (χ0n) is 31.4. The van der Waals surface area contributed by atoms with Gasteiger partial charge in [-0.3, -0.25) is 0 Å². The molecule has 2 aliphatic rings. The number of hydrogen-bond donors (Lipinski definition) is 0. The van der Waals surface area contributed by atoms with Crippen LogP contribution in [0.3, 0.4) is 0 Å². The number of fused-ring (bicyclic) bond motifs is 11. The molecule has 3 heterocycles. The Morgan fingerprint density at radius 3 is 1.47 bits per heavy atom. The lowest BCUT2D eigenvalue weighted by molar-refractivity contribution is 0.669. The van der Waals surface area contributed by atoms with Gasteiger partial charge in [0.1, 0.15) is 11.2 Å². The molecule has 1 aliphatic carbocycles. The Hall–Kier alpha value is -7.63. The highest BCUT2D eigenvalue weighted by atomic mass is 16.3. The summed E-state index contributed by atoms with van der Waals surface area (Å²) in [6, 6.07) is 68.8. The summed E-state index contributed by atoms with van der Waals surface area (Å²) in [6.07, 6.45) is 0.913. The number of para-hydroxylation sites is 2. The van der Waals surface area contributed by atoms with Crippen molar-refractivity contribution in [2.45, 2.75) is 11.8 Å². The van der Waals surface area contributed by atoms with Crippen LogP contribution in [0.1, 0.15) is 33.4 Å². The van der Waals surface area contributed by atoms with Gasteiger partial charge in [0, 0.05) is 22.1 Å². The zero-order chi connectivity index (χ0) is 38.2. The standard InChI is InChI=1S/C53H34N4O/c1-3-16-34(17-4-1)50-54-51(35-18-5-2-6-19-35)56-52(55-50)38-30-31-39-48(33-38)58-47-29-15-28-46(49(39)47)57-44-26-13-11-24-42(44)53(43-25-12-14-27-45(43)57)40-22-9-7-20-36(40)32-37-21-8-10-23-41(37)53/h1-31,33H,32H2. The SMILES string of the molecule is c1ccc(-c2nc(-c3ccccc3)nc(-c3ccc4c(c3)oc3cccc(N5c6ccccc6C6(c7ccccc7Cc7ccccc76)c6ccccc65)c34)n2)cc1. The van der Waals surface area contributed by atoms with E-state index in [4.69, 9.17) is 19.4 Å². The van der Waals surface area contributed by atoms with Crippen molar-refractivity contribution in [3.8, 4) is 34.2 Å². The van der Waals surface area contributed by atoms with Crippen molar-refractivity contribution in [1.29, 1.82) is 0 Å². The first kappa shape index (κ1) is 32.6. The molecule has 272 valence electrons. The normalized spacial score (nSPS) is 13.6. The van der Waals surface area contributed by atoms with Crippen LogP contribution in [0.15, 0.2) is 199 Å². The minimum Gasteiger partial charge on any atom is -0.456 e. The molecule has 5 nitrogen and oxygen atoms in total.